The Morgan fingerprint density at radius 3 is 2.41 bits per heavy atom. The smallest absolute Gasteiger partial charge is 0.399 e. The van der Waals surface area contributed by atoms with Crippen molar-refractivity contribution >= 4 is 24.2 Å². The van der Waals surface area contributed by atoms with Crippen molar-refractivity contribution in [3.8, 4) is 5.69 Å². The molecule has 0 unspecified atom stereocenters. The molecule has 2 heterocycles. The molecule has 1 saturated heterocycles. The summed E-state index contributed by atoms with van der Waals surface area (Å²) in [5.74, 6) is -0.455. The summed E-state index contributed by atoms with van der Waals surface area (Å²) in [5.41, 5.74) is 0.672. The summed E-state index contributed by atoms with van der Waals surface area (Å²) < 4.78 is 26.8. The predicted molar refractivity (Wildman–Crippen MR) is 84.2 cm³/mol. The highest BCUT2D eigenvalue weighted by Gasteiger charge is 2.52. The number of rotatable bonds is 2. The Morgan fingerprint density at radius 2 is 1.82 bits per heavy atom. The summed E-state index contributed by atoms with van der Waals surface area (Å²) in [4.78, 5) is 0. The van der Waals surface area contributed by atoms with E-state index in [-0.39, 0.29) is 5.02 Å². The first-order valence-corrected chi connectivity index (χ1v) is 7.43. The van der Waals surface area contributed by atoms with Gasteiger partial charge in [-0.3, -0.25) is 0 Å². The van der Waals surface area contributed by atoms with Gasteiger partial charge in [0.2, 0.25) is 0 Å². The number of hydrogen-bond donors (Lipinski definition) is 0. The zero-order valence-corrected chi connectivity index (χ0v) is 13.7. The van der Waals surface area contributed by atoms with Gasteiger partial charge in [0, 0.05) is 17.9 Å². The van der Waals surface area contributed by atoms with Crippen molar-refractivity contribution in [3.63, 3.8) is 0 Å². The van der Waals surface area contributed by atoms with Gasteiger partial charge in [-0.05, 0) is 45.9 Å². The molecular weight excluding hydrogens is 305 g/mol. The maximum Gasteiger partial charge on any atom is 0.498 e. The molecule has 22 heavy (non-hydrogen) atoms. The fraction of sp³-hybridized carbons (Fsp3) is 0.400. The van der Waals surface area contributed by atoms with E-state index in [1.807, 2.05) is 27.7 Å². The third-order valence-electron chi connectivity index (χ3n) is 4.30. The van der Waals surface area contributed by atoms with E-state index in [1.165, 1.54) is 12.1 Å². The highest BCUT2D eigenvalue weighted by Crippen LogP contribution is 2.36. The van der Waals surface area contributed by atoms with Crippen molar-refractivity contribution in [1.82, 2.24) is 9.78 Å². The van der Waals surface area contributed by atoms with Gasteiger partial charge in [0.15, 0.2) is 0 Å². The highest BCUT2D eigenvalue weighted by atomic mass is 35.5. The molecule has 0 aliphatic carbocycles. The van der Waals surface area contributed by atoms with Crippen LogP contribution in [0.15, 0.2) is 30.6 Å². The number of halogens is 2. The van der Waals surface area contributed by atoms with Crippen LogP contribution in [-0.4, -0.2) is 28.1 Å². The first kappa shape index (κ1) is 15.5. The molecule has 1 aromatic heterocycles. The zero-order valence-electron chi connectivity index (χ0n) is 12.9. The van der Waals surface area contributed by atoms with Crippen LogP contribution in [-0.2, 0) is 9.31 Å². The summed E-state index contributed by atoms with van der Waals surface area (Å²) >= 11 is 5.81. The average molecular weight is 323 g/mol. The molecule has 0 N–H and O–H groups in total. The molecule has 0 saturated carbocycles. The first-order valence-electron chi connectivity index (χ1n) is 7.05. The van der Waals surface area contributed by atoms with Crippen LogP contribution in [0.3, 0.4) is 0 Å². The van der Waals surface area contributed by atoms with E-state index in [0.29, 0.717) is 5.69 Å². The maximum atomic E-state index is 13.2. The fourth-order valence-corrected chi connectivity index (χ4v) is 2.38. The van der Waals surface area contributed by atoms with E-state index >= 15 is 0 Å². The van der Waals surface area contributed by atoms with Gasteiger partial charge in [0.1, 0.15) is 5.82 Å². The van der Waals surface area contributed by atoms with E-state index in [0.717, 1.165) is 5.46 Å². The Labute approximate surface area is 134 Å². The van der Waals surface area contributed by atoms with E-state index in [9.17, 15) is 4.39 Å². The lowest BCUT2D eigenvalue weighted by Gasteiger charge is -2.32. The number of nitrogens with zero attached hydrogens (tertiary/aromatic N) is 2. The van der Waals surface area contributed by atoms with Crippen molar-refractivity contribution in [2.45, 2.75) is 38.9 Å². The Hall–Kier alpha value is -1.37. The largest absolute Gasteiger partial charge is 0.498 e. The van der Waals surface area contributed by atoms with Crippen LogP contribution in [0.5, 0.6) is 0 Å². The monoisotopic (exact) mass is 322 g/mol. The third kappa shape index (κ3) is 2.55. The van der Waals surface area contributed by atoms with Gasteiger partial charge < -0.3 is 9.31 Å². The average Bonchev–Trinajstić information content (AvgIpc) is 2.97. The molecular formula is C15H17BClFN2O2. The quantitative estimate of drug-likeness (QED) is 0.798. The second kappa shape index (κ2) is 5.08. The van der Waals surface area contributed by atoms with Crippen LogP contribution in [0, 0.1) is 5.82 Å². The van der Waals surface area contributed by atoms with Crippen LogP contribution >= 0.6 is 11.6 Å². The minimum Gasteiger partial charge on any atom is -0.399 e. The van der Waals surface area contributed by atoms with E-state index < -0.39 is 24.1 Å². The molecule has 0 amide bonds. The lowest BCUT2D eigenvalue weighted by molar-refractivity contribution is 0.00578. The minimum absolute atomic E-state index is 0.0604. The topological polar surface area (TPSA) is 36.3 Å². The Morgan fingerprint density at radius 1 is 1.18 bits per heavy atom. The molecule has 116 valence electrons. The molecule has 1 aromatic carbocycles. The standard InChI is InChI=1S/C15H17BClFN2O2/c1-14(2)15(3,4)22-16(21-14)10-8-19-20(9-10)11-5-6-13(18)12(17)7-11/h5-9H,1-4H3. The fourth-order valence-electron chi connectivity index (χ4n) is 2.21. The van der Waals surface area contributed by atoms with Gasteiger partial charge >= 0.3 is 7.12 Å². The molecule has 0 spiro atoms. The van der Waals surface area contributed by atoms with Gasteiger partial charge in [-0.1, -0.05) is 11.6 Å². The lowest BCUT2D eigenvalue weighted by Crippen LogP contribution is -2.41. The molecule has 0 bridgehead atoms. The van der Waals surface area contributed by atoms with E-state index in [1.54, 1.807) is 23.1 Å². The number of hydrogen-bond acceptors (Lipinski definition) is 3. The summed E-state index contributed by atoms with van der Waals surface area (Å²) in [6, 6.07) is 4.45. The van der Waals surface area contributed by atoms with Gasteiger partial charge in [-0.2, -0.15) is 5.10 Å². The van der Waals surface area contributed by atoms with E-state index in [4.69, 9.17) is 20.9 Å². The number of benzene rings is 1. The van der Waals surface area contributed by atoms with Crippen LogP contribution in [0.4, 0.5) is 4.39 Å². The second-order valence-electron chi connectivity index (χ2n) is 6.40. The summed E-state index contributed by atoms with van der Waals surface area (Å²) in [6.45, 7) is 7.99. The molecule has 7 heteroatoms. The molecule has 1 aliphatic rings. The zero-order chi connectivity index (χ0) is 16.1. The maximum absolute atomic E-state index is 13.2. The van der Waals surface area contributed by atoms with Crippen LogP contribution in [0.2, 0.25) is 5.02 Å². The van der Waals surface area contributed by atoms with Crippen molar-refractivity contribution in [2.24, 2.45) is 0 Å². The van der Waals surface area contributed by atoms with Crippen LogP contribution in [0.1, 0.15) is 27.7 Å². The molecule has 0 atom stereocenters. The normalized spacial score (nSPS) is 19.6. The third-order valence-corrected chi connectivity index (χ3v) is 4.59. The van der Waals surface area contributed by atoms with E-state index in [2.05, 4.69) is 5.10 Å². The van der Waals surface area contributed by atoms with Crippen LogP contribution < -0.4 is 5.46 Å². The van der Waals surface area contributed by atoms with Gasteiger partial charge in [0.05, 0.1) is 21.9 Å². The summed E-state index contributed by atoms with van der Waals surface area (Å²) in [6.07, 6.45) is 3.48. The predicted octanol–water partition coefficient (Wildman–Crippen LogP) is 2.96. The molecule has 0 radical (unpaired) electrons. The Bertz CT molecular complexity index is 701. The Kier molecular flexibility index (Phi) is 3.59. The van der Waals surface area contributed by atoms with Crippen molar-refractivity contribution in [2.75, 3.05) is 0 Å². The molecule has 2 aromatic rings. The first-order chi connectivity index (χ1) is 10.2. The second-order valence-corrected chi connectivity index (χ2v) is 6.81. The van der Waals surface area contributed by atoms with Gasteiger partial charge in [0.25, 0.3) is 0 Å². The SMILES string of the molecule is CC1(C)OB(c2cnn(-c3ccc(F)c(Cl)c3)c2)OC1(C)C. The minimum atomic E-state index is -0.477. The molecule has 4 nitrogen and oxygen atoms in total. The lowest BCUT2D eigenvalue weighted by atomic mass is 9.82. The van der Waals surface area contributed by atoms with Gasteiger partial charge in [-0.15, -0.1) is 0 Å². The molecule has 3 rings (SSSR count). The highest BCUT2D eigenvalue weighted by molar-refractivity contribution is 6.62. The van der Waals surface area contributed by atoms with Crippen molar-refractivity contribution in [3.05, 3.63) is 41.4 Å². The van der Waals surface area contributed by atoms with Crippen molar-refractivity contribution < 1.29 is 13.7 Å². The van der Waals surface area contributed by atoms with Crippen LogP contribution in [0.25, 0.3) is 5.69 Å². The Balaban J connectivity index is 1.87. The van der Waals surface area contributed by atoms with Crippen molar-refractivity contribution in [1.29, 1.82) is 0 Å². The summed E-state index contributed by atoms with van der Waals surface area (Å²) in [7, 11) is -0.477. The summed E-state index contributed by atoms with van der Waals surface area (Å²) in [5, 5.41) is 4.33. The molecule has 1 aliphatic heterocycles. The molecule has 1 fully saturated rings. The van der Waals surface area contributed by atoms with Gasteiger partial charge in [-0.25, -0.2) is 9.07 Å². The number of aromatic nitrogens is 2.